The van der Waals surface area contributed by atoms with Crippen molar-refractivity contribution < 1.29 is 9.59 Å². The molecule has 0 fully saturated rings. The summed E-state index contributed by atoms with van der Waals surface area (Å²) in [6.07, 6.45) is 2.09. The molecular formula is C18H16N4O2. The van der Waals surface area contributed by atoms with E-state index in [4.69, 9.17) is 0 Å². The van der Waals surface area contributed by atoms with Gasteiger partial charge in [0.05, 0.1) is 18.2 Å². The van der Waals surface area contributed by atoms with E-state index in [0.717, 1.165) is 22.6 Å². The Morgan fingerprint density at radius 1 is 1.25 bits per heavy atom. The van der Waals surface area contributed by atoms with Gasteiger partial charge in [0, 0.05) is 11.9 Å². The average Bonchev–Trinajstić information content (AvgIpc) is 2.92. The predicted molar refractivity (Wildman–Crippen MR) is 89.8 cm³/mol. The van der Waals surface area contributed by atoms with Crippen LogP contribution in [-0.4, -0.2) is 21.2 Å². The van der Waals surface area contributed by atoms with Crippen molar-refractivity contribution in [3.05, 3.63) is 65.6 Å². The van der Waals surface area contributed by atoms with Crippen molar-refractivity contribution in [2.24, 2.45) is 0 Å². The number of benzene rings is 1. The Morgan fingerprint density at radius 2 is 2.04 bits per heavy atom. The Hall–Kier alpha value is -3.15. The van der Waals surface area contributed by atoms with E-state index in [1.807, 2.05) is 60.0 Å². The van der Waals surface area contributed by atoms with Crippen LogP contribution in [0.3, 0.4) is 0 Å². The maximum absolute atomic E-state index is 12.7. The molecule has 1 atom stereocenters. The zero-order valence-electron chi connectivity index (χ0n) is 13.1. The van der Waals surface area contributed by atoms with Gasteiger partial charge in [-0.05, 0) is 30.7 Å². The van der Waals surface area contributed by atoms with Crippen LogP contribution < -0.4 is 10.6 Å². The number of para-hydroxylation sites is 1. The number of imidazole rings is 1. The van der Waals surface area contributed by atoms with Gasteiger partial charge < -0.3 is 15.0 Å². The van der Waals surface area contributed by atoms with E-state index in [-0.39, 0.29) is 24.3 Å². The lowest BCUT2D eigenvalue weighted by molar-refractivity contribution is -0.116. The van der Waals surface area contributed by atoms with Gasteiger partial charge in [-0.1, -0.05) is 24.3 Å². The molecule has 6 nitrogen and oxygen atoms in total. The average molecular weight is 320 g/mol. The molecule has 6 heteroatoms. The number of hydrogen-bond donors (Lipinski definition) is 2. The molecule has 2 N–H and O–H groups in total. The van der Waals surface area contributed by atoms with Gasteiger partial charge in [0.25, 0.3) is 5.91 Å². The van der Waals surface area contributed by atoms with Crippen molar-refractivity contribution in [2.45, 2.75) is 19.4 Å². The molecule has 0 saturated heterocycles. The molecule has 24 heavy (non-hydrogen) atoms. The standard InChI is InChI=1S/C18H16N4O2/c1-11-17(21-15-8-4-5-9-22(11)15)18(24)20-14-10-16(23)19-13-7-3-2-6-12(13)14/h2-9,14H,10H2,1H3,(H,19,23)(H,20,24). The first-order valence-corrected chi connectivity index (χ1v) is 7.77. The van der Waals surface area contributed by atoms with E-state index in [0.29, 0.717) is 5.69 Å². The second-order valence-corrected chi connectivity index (χ2v) is 5.84. The minimum atomic E-state index is -0.355. The molecule has 0 bridgehead atoms. The summed E-state index contributed by atoms with van der Waals surface area (Å²) in [5, 5.41) is 5.77. The number of aryl methyl sites for hydroxylation is 1. The number of fused-ring (bicyclic) bond motifs is 2. The lowest BCUT2D eigenvalue weighted by Gasteiger charge is -2.26. The van der Waals surface area contributed by atoms with Crippen molar-refractivity contribution in [1.29, 1.82) is 0 Å². The van der Waals surface area contributed by atoms with Gasteiger partial charge in [-0.15, -0.1) is 0 Å². The number of anilines is 1. The molecule has 4 rings (SSSR count). The maximum Gasteiger partial charge on any atom is 0.272 e. The quantitative estimate of drug-likeness (QED) is 0.761. The van der Waals surface area contributed by atoms with Crippen molar-refractivity contribution >= 4 is 23.1 Å². The Kier molecular flexibility index (Phi) is 3.30. The van der Waals surface area contributed by atoms with Crippen molar-refractivity contribution in [3.63, 3.8) is 0 Å². The summed E-state index contributed by atoms with van der Waals surface area (Å²) in [6.45, 7) is 1.86. The van der Waals surface area contributed by atoms with E-state index in [1.165, 1.54) is 0 Å². The topological polar surface area (TPSA) is 75.5 Å². The fourth-order valence-electron chi connectivity index (χ4n) is 3.10. The number of aromatic nitrogens is 2. The molecular weight excluding hydrogens is 304 g/mol. The summed E-state index contributed by atoms with van der Waals surface area (Å²) >= 11 is 0. The van der Waals surface area contributed by atoms with E-state index in [2.05, 4.69) is 15.6 Å². The SMILES string of the molecule is Cc1c(C(=O)NC2CC(=O)Nc3ccccc32)nc2ccccn12. The molecule has 1 aromatic carbocycles. The number of carbonyl (C=O) groups is 2. The lowest BCUT2D eigenvalue weighted by atomic mass is 9.97. The molecule has 0 radical (unpaired) electrons. The van der Waals surface area contributed by atoms with Gasteiger partial charge in [-0.25, -0.2) is 4.98 Å². The van der Waals surface area contributed by atoms with Gasteiger partial charge >= 0.3 is 0 Å². The van der Waals surface area contributed by atoms with Crippen LogP contribution in [0.1, 0.15) is 34.2 Å². The third-order valence-corrected chi connectivity index (χ3v) is 4.29. The van der Waals surface area contributed by atoms with Crippen LogP contribution in [0, 0.1) is 6.92 Å². The largest absolute Gasteiger partial charge is 0.343 e. The van der Waals surface area contributed by atoms with Crippen LogP contribution in [0.4, 0.5) is 5.69 Å². The number of nitrogens with one attached hydrogen (secondary N) is 2. The van der Waals surface area contributed by atoms with Gasteiger partial charge in [0.15, 0.2) is 0 Å². The Balaban J connectivity index is 1.66. The summed E-state index contributed by atoms with van der Waals surface area (Å²) in [7, 11) is 0. The van der Waals surface area contributed by atoms with Gasteiger partial charge in [-0.2, -0.15) is 0 Å². The number of nitrogens with zero attached hydrogens (tertiary/aromatic N) is 2. The molecule has 0 spiro atoms. The number of carbonyl (C=O) groups excluding carboxylic acids is 2. The molecule has 2 amide bonds. The number of rotatable bonds is 2. The smallest absolute Gasteiger partial charge is 0.272 e. The highest BCUT2D eigenvalue weighted by molar-refractivity contribution is 5.98. The second kappa shape index (κ2) is 5.49. The normalized spacial score (nSPS) is 16.5. The van der Waals surface area contributed by atoms with Crippen molar-refractivity contribution in [1.82, 2.24) is 14.7 Å². The molecule has 3 aromatic rings. The monoisotopic (exact) mass is 320 g/mol. The summed E-state index contributed by atoms with van der Waals surface area (Å²) in [6, 6.07) is 12.8. The van der Waals surface area contributed by atoms with Crippen LogP contribution in [-0.2, 0) is 4.79 Å². The van der Waals surface area contributed by atoms with Crippen LogP contribution in [0.25, 0.3) is 5.65 Å². The molecule has 0 saturated carbocycles. The Labute approximate surface area is 138 Å². The minimum Gasteiger partial charge on any atom is -0.343 e. The molecule has 2 aromatic heterocycles. The first-order chi connectivity index (χ1) is 11.6. The minimum absolute atomic E-state index is 0.106. The van der Waals surface area contributed by atoms with Gasteiger partial charge in [0.2, 0.25) is 5.91 Å². The third kappa shape index (κ3) is 2.32. The van der Waals surface area contributed by atoms with E-state index in [1.54, 1.807) is 0 Å². The second-order valence-electron chi connectivity index (χ2n) is 5.84. The highest BCUT2D eigenvalue weighted by atomic mass is 16.2. The third-order valence-electron chi connectivity index (χ3n) is 4.29. The fourth-order valence-corrected chi connectivity index (χ4v) is 3.10. The molecule has 1 aliphatic rings. The van der Waals surface area contributed by atoms with Crippen molar-refractivity contribution in [3.8, 4) is 0 Å². The first kappa shape index (κ1) is 14.4. The first-order valence-electron chi connectivity index (χ1n) is 7.77. The summed E-state index contributed by atoms with van der Waals surface area (Å²) in [5.41, 5.74) is 3.53. The summed E-state index contributed by atoms with van der Waals surface area (Å²) < 4.78 is 1.87. The molecule has 120 valence electrons. The van der Waals surface area contributed by atoms with Crippen LogP contribution in [0.15, 0.2) is 48.7 Å². The van der Waals surface area contributed by atoms with Gasteiger partial charge in [-0.3, -0.25) is 9.59 Å². The van der Waals surface area contributed by atoms with Crippen molar-refractivity contribution in [2.75, 3.05) is 5.32 Å². The fraction of sp³-hybridized carbons (Fsp3) is 0.167. The number of hydrogen-bond acceptors (Lipinski definition) is 3. The lowest BCUT2D eigenvalue weighted by Crippen LogP contribution is -2.35. The van der Waals surface area contributed by atoms with Crippen LogP contribution >= 0.6 is 0 Å². The highest BCUT2D eigenvalue weighted by Crippen LogP contribution is 2.30. The van der Waals surface area contributed by atoms with E-state index in [9.17, 15) is 9.59 Å². The summed E-state index contributed by atoms with van der Waals surface area (Å²) in [4.78, 5) is 29.0. The van der Waals surface area contributed by atoms with Gasteiger partial charge in [0.1, 0.15) is 11.3 Å². The number of pyridine rings is 1. The number of amides is 2. The molecule has 1 unspecified atom stereocenters. The zero-order chi connectivity index (χ0) is 16.7. The highest BCUT2D eigenvalue weighted by Gasteiger charge is 2.27. The molecule has 1 aliphatic heterocycles. The van der Waals surface area contributed by atoms with Crippen LogP contribution in [0.2, 0.25) is 0 Å². The Bertz CT molecular complexity index is 961. The van der Waals surface area contributed by atoms with Crippen LogP contribution in [0.5, 0.6) is 0 Å². The summed E-state index contributed by atoms with van der Waals surface area (Å²) in [5.74, 6) is -0.378. The molecule has 3 heterocycles. The maximum atomic E-state index is 12.7. The zero-order valence-corrected chi connectivity index (χ0v) is 13.1. The van der Waals surface area contributed by atoms with E-state index >= 15 is 0 Å². The molecule has 0 aliphatic carbocycles. The predicted octanol–water partition coefficient (Wildman–Crippen LogP) is 2.46. The van der Waals surface area contributed by atoms with E-state index < -0.39 is 0 Å². The Morgan fingerprint density at radius 3 is 2.88 bits per heavy atom.